The van der Waals surface area contributed by atoms with Gasteiger partial charge in [0.2, 0.25) is 0 Å². The topological polar surface area (TPSA) is 29.9 Å². The second kappa shape index (κ2) is 2.58. The number of aromatic nitrogens is 2. The molecular weight excluding hydrogens is 162 g/mol. The molecule has 13 heavy (non-hydrogen) atoms. The number of nitrogens with one attached hydrogen (secondary N) is 1. The van der Waals surface area contributed by atoms with Gasteiger partial charge in [0.15, 0.2) is 0 Å². The Balaban J connectivity index is 2.06. The summed E-state index contributed by atoms with van der Waals surface area (Å²) in [6.45, 7) is 2.08. The molecule has 0 unspecified atom stereocenters. The number of fused-ring (bicyclic) bond motifs is 1. The minimum absolute atomic E-state index is 0.774. The standard InChI is InChI=1S/C10H15N3/c1-13-9-4-5-11-6-8(9)12-10(13)7-2-3-7/h7,11H,2-6H2,1H3. The number of rotatable bonds is 1. The zero-order valence-electron chi connectivity index (χ0n) is 8.01. The van der Waals surface area contributed by atoms with E-state index in [9.17, 15) is 0 Å². The SMILES string of the molecule is Cn1c(C2CC2)nc2c1CCNC2. The molecule has 0 aromatic carbocycles. The molecule has 2 heterocycles. The number of hydrogen-bond acceptors (Lipinski definition) is 2. The molecule has 1 aliphatic heterocycles. The molecule has 70 valence electrons. The lowest BCUT2D eigenvalue weighted by atomic mass is 10.2. The van der Waals surface area contributed by atoms with Crippen molar-refractivity contribution in [1.82, 2.24) is 14.9 Å². The van der Waals surface area contributed by atoms with Crippen LogP contribution in [0.25, 0.3) is 0 Å². The van der Waals surface area contributed by atoms with Gasteiger partial charge < -0.3 is 9.88 Å². The molecule has 0 spiro atoms. The lowest BCUT2D eigenvalue weighted by Gasteiger charge is -2.12. The van der Waals surface area contributed by atoms with Gasteiger partial charge in [0.25, 0.3) is 0 Å². The van der Waals surface area contributed by atoms with E-state index in [1.165, 1.54) is 30.1 Å². The molecule has 0 atom stereocenters. The lowest BCUT2D eigenvalue weighted by molar-refractivity contribution is 0.610. The van der Waals surface area contributed by atoms with E-state index in [-0.39, 0.29) is 0 Å². The van der Waals surface area contributed by atoms with Gasteiger partial charge in [-0.1, -0.05) is 0 Å². The highest BCUT2D eigenvalue weighted by atomic mass is 15.1. The lowest BCUT2D eigenvalue weighted by Crippen LogP contribution is -2.24. The van der Waals surface area contributed by atoms with E-state index in [0.29, 0.717) is 0 Å². The van der Waals surface area contributed by atoms with Crippen molar-refractivity contribution in [2.24, 2.45) is 7.05 Å². The van der Waals surface area contributed by atoms with Gasteiger partial charge in [-0.05, 0) is 12.8 Å². The minimum atomic E-state index is 0.774. The first kappa shape index (κ1) is 7.56. The fourth-order valence-corrected chi connectivity index (χ4v) is 2.18. The highest BCUT2D eigenvalue weighted by Crippen LogP contribution is 2.40. The third-order valence-corrected chi connectivity index (χ3v) is 3.10. The fourth-order valence-electron chi connectivity index (χ4n) is 2.18. The van der Waals surface area contributed by atoms with Crippen LogP contribution in [0.1, 0.15) is 36.0 Å². The summed E-state index contributed by atoms with van der Waals surface area (Å²) >= 11 is 0. The zero-order valence-corrected chi connectivity index (χ0v) is 8.01. The van der Waals surface area contributed by atoms with Crippen LogP contribution in [0.3, 0.4) is 0 Å². The molecule has 0 radical (unpaired) electrons. The van der Waals surface area contributed by atoms with E-state index in [4.69, 9.17) is 4.98 Å². The van der Waals surface area contributed by atoms with Crippen LogP contribution >= 0.6 is 0 Å². The summed E-state index contributed by atoms with van der Waals surface area (Å²) in [4.78, 5) is 4.71. The van der Waals surface area contributed by atoms with Crippen LogP contribution in [0, 0.1) is 0 Å². The maximum Gasteiger partial charge on any atom is 0.112 e. The molecule has 1 fully saturated rings. The Morgan fingerprint density at radius 1 is 1.46 bits per heavy atom. The van der Waals surface area contributed by atoms with E-state index >= 15 is 0 Å². The summed E-state index contributed by atoms with van der Waals surface area (Å²) in [6, 6.07) is 0. The van der Waals surface area contributed by atoms with Crippen LogP contribution in [-0.2, 0) is 20.0 Å². The maximum absolute atomic E-state index is 4.71. The smallest absolute Gasteiger partial charge is 0.112 e. The fraction of sp³-hybridized carbons (Fsp3) is 0.700. The Morgan fingerprint density at radius 2 is 2.31 bits per heavy atom. The predicted molar refractivity (Wildman–Crippen MR) is 50.6 cm³/mol. The third kappa shape index (κ3) is 1.10. The third-order valence-electron chi connectivity index (χ3n) is 3.10. The highest BCUT2D eigenvalue weighted by molar-refractivity contribution is 5.23. The van der Waals surface area contributed by atoms with Gasteiger partial charge in [0.05, 0.1) is 5.69 Å². The van der Waals surface area contributed by atoms with Crippen LogP contribution in [0.5, 0.6) is 0 Å². The highest BCUT2D eigenvalue weighted by Gasteiger charge is 2.30. The molecule has 3 nitrogen and oxygen atoms in total. The number of nitrogens with zero attached hydrogens (tertiary/aromatic N) is 2. The Hall–Kier alpha value is -0.830. The Bertz CT molecular complexity index is 336. The first-order valence-corrected chi connectivity index (χ1v) is 5.11. The molecular formula is C10H15N3. The quantitative estimate of drug-likeness (QED) is 0.692. The van der Waals surface area contributed by atoms with Gasteiger partial charge in [-0.2, -0.15) is 0 Å². The molecule has 1 aromatic heterocycles. The van der Waals surface area contributed by atoms with Gasteiger partial charge in [-0.25, -0.2) is 4.98 Å². The molecule has 0 amide bonds. The summed E-state index contributed by atoms with van der Waals surface area (Å²) in [7, 11) is 2.17. The van der Waals surface area contributed by atoms with Crippen molar-refractivity contribution in [2.45, 2.75) is 31.7 Å². The Labute approximate surface area is 78.2 Å². The normalized spacial score (nSPS) is 21.6. The maximum atomic E-state index is 4.71. The van der Waals surface area contributed by atoms with Crippen LogP contribution in [0.15, 0.2) is 0 Å². The van der Waals surface area contributed by atoms with E-state index in [2.05, 4.69) is 16.9 Å². The predicted octanol–water partition coefficient (Wildman–Crippen LogP) is 0.943. The first-order valence-electron chi connectivity index (χ1n) is 5.11. The van der Waals surface area contributed by atoms with Gasteiger partial charge in [-0.3, -0.25) is 0 Å². The van der Waals surface area contributed by atoms with Gasteiger partial charge in [-0.15, -0.1) is 0 Å². The van der Waals surface area contributed by atoms with Crippen molar-refractivity contribution >= 4 is 0 Å². The second-order valence-corrected chi connectivity index (χ2v) is 4.12. The van der Waals surface area contributed by atoms with Crippen LogP contribution in [0.4, 0.5) is 0 Å². The molecule has 1 aromatic rings. The van der Waals surface area contributed by atoms with Crippen molar-refractivity contribution < 1.29 is 0 Å². The van der Waals surface area contributed by atoms with Crippen molar-refractivity contribution in [1.29, 1.82) is 0 Å². The van der Waals surface area contributed by atoms with Crippen molar-refractivity contribution in [3.8, 4) is 0 Å². The largest absolute Gasteiger partial charge is 0.335 e. The molecule has 1 aliphatic carbocycles. The minimum Gasteiger partial charge on any atom is -0.335 e. The molecule has 1 saturated carbocycles. The van der Waals surface area contributed by atoms with Crippen LogP contribution in [0.2, 0.25) is 0 Å². The number of imidazole rings is 1. The molecule has 2 aliphatic rings. The van der Waals surface area contributed by atoms with E-state index < -0.39 is 0 Å². The summed E-state index contributed by atoms with van der Waals surface area (Å²) in [6.07, 6.45) is 3.83. The van der Waals surface area contributed by atoms with E-state index in [0.717, 1.165) is 25.4 Å². The average molecular weight is 177 g/mol. The Morgan fingerprint density at radius 3 is 3.00 bits per heavy atom. The van der Waals surface area contributed by atoms with Crippen molar-refractivity contribution in [2.75, 3.05) is 6.54 Å². The van der Waals surface area contributed by atoms with E-state index in [1.54, 1.807) is 0 Å². The molecule has 3 heteroatoms. The van der Waals surface area contributed by atoms with Gasteiger partial charge >= 0.3 is 0 Å². The van der Waals surface area contributed by atoms with Gasteiger partial charge in [0.1, 0.15) is 5.82 Å². The van der Waals surface area contributed by atoms with Crippen LogP contribution in [-0.4, -0.2) is 16.1 Å². The summed E-state index contributed by atoms with van der Waals surface area (Å²) < 4.78 is 2.33. The molecule has 1 N–H and O–H groups in total. The second-order valence-electron chi connectivity index (χ2n) is 4.12. The summed E-state index contributed by atoms with van der Waals surface area (Å²) in [5, 5.41) is 3.36. The molecule has 0 bridgehead atoms. The van der Waals surface area contributed by atoms with Crippen molar-refractivity contribution in [3.05, 3.63) is 17.2 Å². The van der Waals surface area contributed by atoms with E-state index in [1.807, 2.05) is 0 Å². The average Bonchev–Trinajstić information content (AvgIpc) is 2.94. The Kier molecular flexibility index (Phi) is 1.50. The van der Waals surface area contributed by atoms with Gasteiger partial charge in [0, 0.05) is 38.2 Å². The zero-order chi connectivity index (χ0) is 8.84. The van der Waals surface area contributed by atoms with Crippen LogP contribution < -0.4 is 5.32 Å². The van der Waals surface area contributed by atoms with Crippen molar-refractivity contribution in [3.63, 3.8) is 0 Å². The first-order chi connectivity index (χ1) is 6.36. The molecule has 3 rings (SSSR count). The molecule has 0 saturated heterocycles. The number of hydrogen-bond donors (Lipinski definition) is 1. The summed E-state index contributed by atoms with van der Waals surface area (Å²) in [5.41, 5.74) is 2.75. The summed E-state index contributed by atoms with van der Waals surface area (Å²) in [5.74, 6) is 2.10. The monoisotopic (exact) mass is 177 g/mol.